The first kappa shape index (κ1) is 14.9. The number of hydrogen-bond donors (Lipinski definition) is 3. The highest BCUT2D eigenvalue weighted by molar-refractivity contribution is 7.11. The van der Waals surface area contributed by atoms with Crippen molar-refractivity contribution in [3.8, 4) is 0 Å². The molecule has 0 bridgehead atoms. The molecular weight excluding hydrogens is 292 g/mol. The second-order valence-corrected chi connectivity index (χ2v) is 5.60. The Balaban J connectivity index is 1.83. The third-order valence-electron chi connectivity index (χ3n) is 2.48. The predicted octanol–water partition coefficient (Wildman–Crippen LogP) is 1.80. The maximum atomic E-state index is 11.7. The van der Waals surface area contributed by atoms with Crippen molar-refractivity contribution in [2.75, 3.05) is 5.32 Å². The number of carboxylic acid groups (broad SMARTS) is 1. The van der Waals surface area contributed by atoms with E-state index in [0.29, 0.717) is 17.9 Å². The maximum Gasteiger partial charge on any atom is 0.319 e. The predicted molar refractivity (Wildman–Crippen MR) is 78.3 cm³/mol. The molecule has 0 atom stereocenters. The smallest absolute Gasteiger partial charge is 0.319 e. The molecule has 0 aliphatic heterocycles. The van der Waals surface area contributed by atoms with Crippen LogP contribution >= 0.6 is 11.3 Å². The molecule has 0 saturated heterocycles. The lowest BCUT2D eigenvalue weighted by atomic mass is 10.2. The van der Waals surface area contributed by atoms with Crippen LogP contribution in [0.4, 0.5) is 10.5 Å². The van der Waals surface area contributed by atoms with Crippen molar-refractivity contribution in [1.82, 2.24) is 15.3 Å². The molecular formula is C13H14N4O3S. The summed E-state index contributed by atoms with van der Waals surface area (Å²) >= 11 is 1.52. The van der Waals surface area contributed by atoms with Gasteiger partial charge in [0.05, 0.1) is 30.5 Å². The van der Waals surface area contributed by atoms with Gasteiger partial charge in [-0.15, -0.1) is 11.3 Å². The summed E-state index contributed by atoms with van der Waals surface area (Å²) in [6, 6.07) is 2.81. The molecule has 0 aliphatic carbocycles. The quantitative estimate of drug-likeness (QED) is 0.781. The fourth-order valence-electron chi connectivity index (χ4n) is 1.57. The van der Waals surface area contributed by atoms with Gasteiger partial charge in [0.1, 0.15) is 5.01 Å². The number of rotatable bonds is 5. The number of aromatic nitrogens is 2. The fourth-order valence-corrected chi connectivity index (χ4v) is 2.30. The Kier molecular flexibility index (Phi) is 4.83. The van der Waals surface area contributed by atoms with E-state index in [1.54, 1.807) is 18.3 Å². The summed E-state index contributed by atoms with van der Waals surface area (Å²) in [5.41, 5.74) is 0.934. The third kappa shape index (κ3) is 4.84. The molecule has 2 aromatic rings. The number of thiazole rings is 1. The average molecular weight is 306 g/mol. The minimum atomic E-state index is -0.945. The fraction of sp³-hybridized carbons (Fsp3) is 0.231. The molecule has 2 heterocycles. The van der Waals surface area contributed by atoms with Crippen LogP contribution in [0.25, 0.3) is 0 Å². The summed E-state index contributed by atoms with van der Waals surface area (Å²) in [6.45, 7) is 2.31. The first-order valence-electron chi connectivity index (χ1n) is 6.16. The number of aliphatic carboxylic acids is 1. The number of aryl methyl sites for hydroxylation is 1. The Morgan fingerprint density at radius 1 is 1.29 bits per heavy atom. The van der Waals surface area contributed by atoms with Gasteiger partial charge in [-0.2, -0.15) is 0 Å². The topological polar surface area (TPSA) is 104 Å². The first-order valence-corrected chi connectivity index (χ1v) is 6.97. The standard InChI is InChI=1S/C13H14N4O3S/c1-8-5-15-11(21-8)7-16-13(20)17-10-3-2-9(14-6-10)4-12(18)19/h2-3,5-6H,4,7H2,1H3,(H,18,19)(H2,16,17,20). The number of urea groups is 1. The van der Waals surface area contributed by atoms with E-state index >= 15 is 0 Å². The molecule has 2 rings (SSSR count). The number of nitrogens with one attached hydrogen (secondary N) is 2. The van der Waals surface area contributed by atoms with E-state index in [4.69, 9.17) is 5.11 Å². The van der Waals surface area contributed by atoms with E-state index in [-0.39, 0.29) is 12.5 Å². The van der Waals surface area contributed by atoms with Crippen LogP contribution in [-0.2, 0) is 17.8 Å². The van der Waals surface area contributed by atoms with Crippen LogP contribution < -0.4 is 10.6 Å². The van der Waals surface area contributed by atoms with Crippen molar-refractivity contribution in [2.45, 2.75) is 19.9 Å². The monoisotopic (exact) mass is 306 g/mol. The summed E-state index contributed by atoms with van der Waals surface area (Å²) in [5, 5.41) is 14.8. The molecule has 0 unspecified atom stereocenters. The van der Waals surface area contributed by atoms with Crippen LogP contribution in [0.5, 0.6) is 0 Å². The Labute approximate surface area is 125 Å². The molecule has 2 amide bonds. The zero-order chi connectivity index (χ0) is 15.2. The Bertz CT molecular complexity index is 639. The second kappa shape index (κ2) is 6.80. The lowest BCUT2D eigenvalue weighted by molar-refractivity contribution is -0.136. The molecule has 0 fully saturated rings. The van der Waals surface area contributed by atoms with Crippen molar-refractivity contribution in [1.29, 1.82) is 0 Å². The zero-order valence-corrected chi connectivity index (χ0v) is 12.1. The summed E-state index contributed by atoms with van der Waals surface area (Å²) < 4.78 is 0. The Morgan fingerprint density at radius 3 is 2.67 bits per heavy atom. The van der Waals surface area contributed by atoms with E-state index in [1.165, 1.54) is 17.5 Å². The third-order valence-corrected chi connectivity index (χ3v) is 3.40. The number of hydrogen-bond acceptors (Lipinski definition) is 5. The average Bonchev–Trinajstić information content (AvgIpc) is 2.84. The molecule has 0 aromatic carbocycles. The van der Waals surface area contributed by atoms with Crippen molar-refractivity contribution in [2.24, 2.45) is 0 Å². The van der Waals surface area contributed by atoms with Gasteiger partial charge in [0.25, 0.3) is 0 Å². The minimum absolute atomic E-state index is 0.143. The maximum absolute atomic E-state index is 11.7. The van der Waals surface area contributed by atoms with Gasteiger partial charge in [0, 0.05) is 11.1 Å². The number of carbonyl (C=O) groups excluding carboxylic acids is 1. The largest absolute Gasteiger partial charge is 0.481 e. The molecule has 0 spiro atoms. The van der Waals surface area contributed by atoms with E-state index in [9.17, 15) is 9.59 Å². The molecule has 0 aliphatic rings. The van der Waals surface area contributed by atoms with Gasteiger partial charge in [0.15, 0.2) is 0 Å². The highest BCUT2D eigenvalue weighted by Gasteiger charge is 2.05. The van der Waals surface area contributed by atoms with Gasteiger partial charge in [-0.1, -0.05) is 0 Å². The Hall–Kier alpha value is -2.48. The number of carboxylic acids is 1. The lowest BCUT2D eigenvalue weighted by Crippen LogP contribution is -2.28. The normalized spacial score (nSPS) is 10.1. The first-order chi connectivity index (χ1) is 10.0. The molecule has 110 valence electrons. The summed E-state index contributed by atoms with van der Waals surface area (Å²) in [5.74, 6) is -0.945. The zero-order valence-electron chi connectivity index (χ0n) is 11.3. The molecule has 0 saturated carbocycles. The molecule has 8 heteroatoms. The molecule has 21 heavy (non-hydrogen) atoms. The van der Waals surface area contributed by atoms with Crippen LogP contribution in [0.3, 0.4) is 0 Å². The molecule has 0 radical (unpaired) electrons. The Morgan fingerprint density at radius 2 is 2.10 bits per heavy atom. The number of anilines is 1. The van der Waals surface area contributed by atoms with Gasteiger partial charge in [-0.25, -0.2) is 9.78 Å². The van der Waals surface area contributed by atoms with Gasteiger partial charge < -0.3 is 15.7 Å². The highest BCUT2D eigenvalue weighted by atomic mass is 32.1. The van der Waals surface area contributed by atoms with Crippen LogP contribution in [0.1, 0.15) is 15.6 Å². The summed E-state index contributed by atoms with van der Waals surface area (Å²) in [6.07, 6.45) is 3.03. The van der Waals surface area contributed by atoms with Gasteiger partial charge >= 0.3 is 12.0 Å². The molecule has 7 nitrogen and oxygen atoms in total. The van der Waals surface area contributed by atoms with Gasteiger partial charge in [-0.05, 0) is 19.1 Å². The van der Waals surface area contributed by atoms with Gasteiger partial charge in [-0.3, -0.25) is 9.78 Å². The summed E-state index contributed by atoms with van der Waals surface area (Å²) in [7, 11) is 0. The molecule has 2 aromatic heterocycles. The van der Waals surface area contributed by atoms with Gasteiger partial charge in [0.2, 0.25) is 0 Å². The van der Waals surface area contributed by atoms with Crippen LogP contribution in [0, 0.1) is 6.92 Å². The number of nitrogens with zero attached hydrogens (tertiary/aromatic N) is 2. The number of pyridine rings is 1. The van der Waals surface area contributed by atoms with Crippen molar-refractivity contribution in [3.05, 3.63) is 40.1 Å². The van der Waals surface area contributed by atoms with Crippen LogP contribution in [0.2, 0.25) is 0 Å². The molecule has 3 N–H and O–H groups in total. The van der Waals surface area contributed by atoms with Crippen LogP contribution in [0.15, 0.2) is 24.5 Å². The van der Waals surface area contributed by atoms with Crippen molar-refractivity contribution >= 4 is 29.0 Å². The number of carbonyl (C=O) groups is 2. The highest BCUT2D eigenvalue weighted by Crippen LogP contribution is 2.11. The number of amides is 2. The van der Waals surface area contributed by atoms with Crippen molar-refractivity contribution < 1.29 is 14.7 Å². The van der Waals surface area contributed by atoms with E-state index in [0.717, 1.165) is 9.88 Å². The van der Waals surface area contributed by atoms with E-state index in [2.05, 4.69) is 20.6 Å². The minimum Gasteiger partial charge on any atom is -0.481 e. The van der Waals surface area contributed by atoms with E-state index in [1.807, 2.05) is 6.92 Å². The lowest BCUT2D eigenvalue weighted by Gasteiger charge is -2.06. The van der Waals surface area contributed by atoms with Crippen molar-refractivity contribution in [3.63, 3.8) is 0 Å². The second-order valence-electron chi connectivity index (χ2n) is 4.28. The summed E-state index contributed by atoms with van der Waals surface area (Å²) in [4.78, 5) is 31.4. The van der Waals surface area contributed by atoms with E-state index < -0.39 is 5.97 Å². The SMILES string of the molecule is Cc1cnc(CNC(=O)Nc2ccc(CC(=O)O)nc2)s1. The van der Waals surface area contributed by atoms with Crippen LogP contribution in [-0.4, -0.2) is 27.1 Å².